The number of methoxy groups -OCH3 is 3. The van der Waals surface area contributed by atoms with Crippen LogP contribution in [0.25, 0.3) is 0 Å². The first-order valence-corrected chi connectivity index (χ1v) is 7.28. The van der Waals surface area contributed by atoms with Gasteiger partial charge in [-0.2, -0.15) is 0 Å². The number of rotatable bonds is 7. The van der Waals surface area contributed by atoms with Crippen LogP contribution in [0.15, 0.2) is 42.5 Å². The van der Waals surface area contributed by atoms with E-state index in [1.165, 1.54) is 5.56 Å². The second kappa shape index (κ2) is 7.59. The Hall–Kier alpha value is -2.36. The maximum absolute atomic E-state index is 5.44. The van der Waals surface area contributed by atoms with E-state index in [2.05, 4.69) is 36.5 Å². The molecule has 118 valence electrons. The number of anilines is 1. The molecule has 0 amide bonds. The summed E-state index contributed by atoms with van der Waals surface area (Å²) in [5, 5.41) is 3.48. The van der Waals surface area contributed by atoms with Gasteiger partial charge >= 0.3 is 0 Å². The number of hydrogen-bond donors (Lipinski definition) is 1. The van der Waals surface area contributed by atoms with Crippen LogP contribution >= 0.6 is 0 Å². The third-order valence-electron chi connectivity index (χ3n) is 3.49. The van der Waals surface area contributed by atoms with E-state index in [9.17, 15) is 0 Å². The number of nitrogens with one attached hydrogen (secondary N) is 1. The molecular formula is C18H23NO3. The van der Waals surface area contributed by atoms with Crippen molar-refractivity contribution in [2.24, 2.45) is 0 Å². The Morgan fingerprint density at radius 1 is 0.864 bits per heavy atom. The minimum atomic E-state index is 0.259. The molecule has 4 nitrogen and oxygen atoms in total. The SMILES string of the molecule is COc1cc(OC)c(OC)cc1NC(C)Cc1ccccc1. The van der Waals surface area contributed by atoms with E-state index in [0.29, 0.717) is 11.5 Å². The summed E-state index contributed by atoms with van der Waals surface area (Å²) in [5.41, 5.74) is 2.19. The van der Waals surface area contributed by atoms with Crippen molar-refractivity contribution in [2.75, 3.05) is 26.6 Å². The molecule has 2 aromatic rings. The number of benzene rings is 2. The third kappa shape index (κ3) is 3.85. The van der Waals surface area contributed by atoms with Crippen LogP contribution in [-0.4, -0.2) is 27.4 Å². The van der Waals surface area contributed by atoms with Crippen molar-refractivity contribution in [3.63, 3.8) is 0 Å². The van der Waals surface area contributed by atoms with Crippen LogP contribution in [0.4, 0.5) is 5.69 Å². The van der Waals surface area contributed by atoms with Crippen LogP contribution in [0.2, 0.25) is 0 Å². The molecule has 1 unspecified atom stereocenters. The molecule has 0 radical (unpaired) electrons. The van der Waals surface area contributed by atoms with Gasteiger partial charge in [-0.05, 0) is 18.9 Å². The van der Waals surface area contributed by atoms with Crippen molar-refractivity contribution in [2.45, 2.75) is 19.4 Å². The van der Waals surface area contributed by atoms with Gasteiger partial charge in [0.05, 0.1) is 27.0 Å². The van der Waals surface area contributed by atoms with Gasteiger partial charge in [-0.15, -0.1) is 0 Å². The second-order valence-electron chi connectivity index (χ2n) is 5.14. The minimum Gasteiger partial charge on any atom is -0.494 e. The topological polar surface area (TPSA) is 39.7 Å². The van der Waals surface area contributed by atoms with Gasteiger partial charge in [0.15, 0.2) is 11.5 Å². The highest BCUT2D eigenvalue weighted by Gasteiger charge is 2.13. The molecule has 0 aliphatic rings. The first kappa shape index (κ1) is 16.0. The molecule has 4 heteroatoms. The summed E-state index contributed by atoms with van der Waals surface area (Å²) in [6.07, 6.45) is 0.929. The lowest BCUT2D eigenvalue weighted by Gasteiger charge is -2.19. The lowest BCUT2D eigenvalue weighted by Crippen LogP contribution is -2.18. The molecule has 0 fully saturated rings. The van der Waals surface area contributed by atoms with Gasteiger partial charge in [-0.25, -0.2) is 0 Å². The van der Waals surface area contributed by atoms with Crippen LogP contribution in [0.1, 0.15) is 12.5 Å². The maximum atomic E-state index is 5.44. The molecule has 0 aromatic heterocycles. The first-order valence-electron chi connectivity index (χ1n) is 7.28. The molecule has 0 aliphatic heterocycles. The van der Waals surface area contributed by atoms with Crippen LogP contribution < -0.4 is 19.5 Å². The molecule has 0 spiro atoms. The average Bonchev–Trinajstić information content (AvgIpc) is 2.55. The lowest BCUT2D eigenvalue weighted by molar-refractivity contribution is 0.349. The predicted molar refractivity (Wildman–Crippen MR) is 89.3 cm³/mol. The van der Waals surface area contributed by atoms with Crippen LogP contribution in [0.5, 0.6) is 17.2 Å². The van der Waals surface area contributed by atoms with E-state index in [1.54, 1.807) is 21.3 Å². The lowest BCUT2D eigenvalue weighted by atomic mass is 10.1. The van der Waals surface area contributed by atoms with Crippen molar-refractivity contribution in [1.82, 2.24) is 0 Å². The highest BCUT2D eigenvalue weighted by molar-refractivity contribution is 5.65. The second-order valence-corrected chi connectivity index (χ2v) is 5.14. The molecule has 0 saturated carbocycles. The largest absolute Gasteiger partial charge is 0.494 e. The van der Waals surface area contributed by atoms with Gasteiger partial charge in [-0.3, -0.25) is 0 Å². The predicted octanol–water partition coefficient (Wildman–Crippen LogP) is 3.76. The van der Waals surface area contributed by atoms with Crippen LogP contribution in [0.3, 0.4) is 0 Å². The molecule has 0 aliphatic carbocycles. The van der Waals surface area contributed by atoms with Gasteiger partial charge < -0.3 is 19.5 Å². The zero-order valence-corrected chi connectivity index (χ0v) is 13.6. The summed E-state index contributed by atoms with van der Waals surface area (Å²) >= 11 is 0. The molecule has 2 rings (SSSR count). The first-order chi connectivity index (χ1) is 10.7. The van der Waals surface area contributed by atoms with Gasteiger partial charge in [-0.1, -0.05) is 30.3 Å². The summed E-state index contributed by atoms with van der Waals surface area (Å²) in [6, 6.07) is 14.4. The molecular weight excluding hydrogens is 278 g/mol. The fourth-order valence-corrected chi connectivity index (χ4v) is 2.43. The summed E-state index contributed by atoms with van der Waals surface area (Å²) in [5.74, 6) is 2.07. The van der Waals surface area contributed by atoms with Crippen molar-refractivity contribution >= 4 is 5.69 Å². The third-order valence-corrected chi connectivity index (χ3v) is 3.49. The monoisotopic (exact) mass is 301 g/mol. The highest BCUT2D eigenvalue weighted by atomic mass is 16.5. The Morgan fingerprint density at radius 3 is 2.05 bits per heavy atom. The fourth-order valence-electron chi connectivity index (χ4n) is 2.43. The normalized spacial score (nSPS) is 11.6. The quantitative estimate of drug-likeness (QED) is 0.845. The highest BCUT2D eigenvalue weighted by Crippen LogP contribution is 2.38. The zero-order valence-electron chi connectivity index (χ0n) is 13.6. The van der Waals surface area contributed by atoms with Crippen molar-refractivity contribution in [3.05, 3.63) is 48.0 Å². The van der Waals surface area contributed by atoms with Gasteiger partial charge in [0.25, 0.3) is 0 Å². The minimum absolute atomic E-state index is 0.259. The Labute approximate surface area is 132 Å². The van der Waals surface area contributed by atoms with Crippen LogP contribution in [-0.2, 0) is 6.42 Å². The molecule has 1 atom stereocenters. The van der Waals surface area contributed by atoms with Crippen molar-refractivity contribution < 1.29 is 14.2 Å². The molecule has 2 aromatic carbocycles. The van der Waals surface area contributed by atoms with E-state index in [-0.39, 0.29) is 6.04 Å². The Bertz CT molecular complexity index is 599. The standard InChI is InChI=1S/C18H23NO3/c1-13(10-14-8-6-5-7-9-14)19-15-11-17(21-3)18(22-4)12-16(15)20-2/h5-9,11-13,19H,10H2,1-4H3. The fraction of sp³-hybridized carbons (Fsp3) is 0.333. The number of ether oxygens (including phenoxy) is 3. The van der Waals surface area contributed by atoms with E-state index >= 15 is 0 Å². The summed E-state index contributed by atoms with van der Waals surface area (Å²) in [4.78, 5) is 0. The van der Waals surface area contributed by atoms with E-state index < -0.39 is 0 Å². The van der Waals surface area contributed by atoms with Gasteiger partial charge in [0.2, 0.25) is 0 Å². The van der Waals surface area contributed by atoms with E-state index in [1.807, 2.05) is 18.2 Å². The number of hydrogen-bond acceptors (Lipinski definition) is 4. The Kier molecular flexibility index (Phi) is 5.53. The Balaban J connectivity index is 2.17. The van der Waals surface area contributed by atoms with E-state index in [4.69, 9.17) is 14.2 Å². The zero-order chi connectivity index (χ0) is 15.9. The van der Waals surface area contributed by atoms with Crippen molar-refractivity contribution in [1.29, 1.82) is 0 Å². The molecule has 0 bridgehead atoms. The maximum Gasteiger partial charge on any atom is 0.164 e. The molecule has 22 heavy (non-hydrogen) atoms. The van der Waals surface area contributed by atoms with Gasteiger partial charge in [0, 0.05) is 18.2 Å². The summed E-state index contributed by atoms with van der Waals surface area (Å²) in [6.45, 7) is 2.14. The van der Waals surface area contributed by atoms with Crippen LogP contribution in [0, 0.1) is 0 Å². The molecule has 0 heterocycles. The average molecular weight is 301 g/mol. The summed E-state index contributed by atoms with van der Waals surface area (Å²) < 4.78 is 16.1. The Morgan fingerprint density at radius 2 is 1.45 bits per heavy atom. The smallest absolute Gasteiger partial charge is 0.164 e. The van der Waals surface area contributed by atoms with E-state index in [0.717, 1.165) is 17.9 Å². The summed E-state index contributed by atoms with van der Waals surface area (Å²) in [7, 11) is 4.89. The van der Waals surface area contributed by atoms with Gasteiger partial charge in [0.1, 0.15) is 5.75 Å². The molecule has 0 saturated heterocycles. The molecule has 1 N–H and O–H groups in total. The van der Waals surface area contributed by atoms with Crippen molar-refractivity contribution in [3.8, 4) is 17.2 Å².